The molecule has 0 radical (unpaired) electrons. The molecule has 5 heteroatoms. The first kappa shape index (κ1) is 14.0. The quantitative estimate of drug-likeness (QED) is 0.887. The van der Waals surface area contributed by atoms with Crippen LogP contribution in [-0.4, -0.2) is 11.5 Å². The third kappa shape index (κ3) is 3.12. The van der Waals surface area contributed by atoms with Crippen LogP contribution in [-0.2, 0) is 6.42 Å². The maximum absolute atomic E-state index is 6.36. The highest BCUT2D eigenvalue weighted by Gasteiger charge is 2.18. The maximum atomic E-state index is 6.36. The molecule has 2 rings (SSSR count). The van der Waals surface area contributed by atoms with Crippen molar-refractivity contribution in [3.63, 3.8) is 0 Å². The molecule has 2 aromatic heterocycles. The van der Waals surface area contributed by atoms with Gasteiger partial charge in [-0.15, -0.1) is 22.7 Å². The van der Waals surface area contributed by atoms with Crippen molar-refractivity contribution >= 4 is 34.3 Å². The smallest absolute Gasteiger partial charge is 0.0947 e. The Labute approximate surface area is 121 Å². The van der Waals surface area contributed by atoms with E-state index in [1.54, 1.807) is 22.7 Å². The van der Waals surface area contributed by atoms with Crippen LogP contribution in [0.15, 0.2) is 10.8 Å². The van der Waals surface area contributed by atoms with Gasteiger partial charge in [0.15, 0.2) is 0 Å². The van der Waals surface area contributed by atoms with Crippen molar-refractivity contribution < 1.29 is 0 Å². The first-order valence-electron chi connectivity index (χ1n) is 5.99. The van der Waals surface area contributed by atoms with Crippen LogP contribution in [0, 0.1) is 13.8 Å². The molecule has 98 valence electrons. The van der Waals surface area contributed by atoms with Gasteiger partial charge in [0.1, 0.15) is 0 Å². The van der Waals surface area contributed by atoms with Gasteiger partial charge in [0, 0.05) is 28.4 Å². The van der Waals surface area contributed by atoms with Crippen molar-refractivity contribution in [2.75, 3.05) is 6.54 Å². The number of rotatable bonds is 5. The molecule has 0 amide bonds. The molecule has 2 nitrogen and oxygen atoms in total. The topological polar surface area (TPSA) is 24.9 Å². The molecule has 0 aliphatic carbocycles. The normalized spacial score (nSPS) is 12.9. The molecule has 2 aromatic rings. The van der Waals surface area contributed by atoms with Crippen LogP contribution in [0.25, 0.3) is 0 Å². The van der Waals surface area contributed by atoms with E-state index in [9.17, 15) is 0 Å². The number of nitrogens with one attached hydrogen (secondary N) is 1. The van der Waals surface area contributed by atoms with E-state index < -0.39 is 0 Å². The summed E-state index contributed by atoms with van der Waals surface area (Å²) in [5.74, 6) is 0. The van der Waals surface area contributed by atoms with Gasteiger partial charge in [-0.1, -0.05) is 18.5 Å². The second-order valence-electron chi connectivity index (χ2n) is 4.29. The van der Waals surface area contributed by atoms with Crippen LogP contribution in [0.1, 0.15) is 34.1 Å². The Balaban J connectivity index is 2.20. The molecule has 18 heavy (non-hydrogen) atoms. The highest BCUT2D eigenvalue weighted by Crippen LogP contribution is 2.34. The van der Waals surface area contributed by atoms with Crippen molar-refractivity contribution in [2.45, 2.75) is 33.2 Å². The third-order valence-electron chi connectivity index (χ3n) is 2.74. The van der Waals surface area contributed by atoms with Crippen molar-refractivity contribution in [2.24, 2.45) is 0 Å². The summed E-state index contributed by atoms with van der Waals surface area (Å²) in [5, 5.41) is 9.79. The lowest BCUT2D eigenvalue weighted by molar-refractivity contribution is 0.556. The highest BCUT2D eigenvalue weighted by molar-refractivity contribution is 7.11. The minimum Gasteiger partial charge on any atom is -0.309 e. The van der Waals surface area contributed by atoms with Gasteiger partial charge < -0.3 is 5.32 Å². The van der Waals surface area contributed by atoms with Crippen LogP contribution in [0.2, 0.25) is 5.02 Å². The molecule has 2 heterocycles. The highest BCUT2D eigenvalue weighted by atomic mass is 35.5. The van der Waals surface area contributed by atoms with E-state index in [0.717, 1.165) is 29.2 Å². The fourth-order valence-electron chi connectivity index (χ4n) is 1.86. The van der Waals surface area contributed by atoms with Crippen molar-refractivity contribution in [3.8, 4) is 0 Å². The summed E-state index contributed by atoms with van der Waals surface area (Å²) in [6.07, 6.45) is 0.909. The van der Waals surface area contributed by atoms with Crippen LogP contribution < -0.4 is 5.32 Å². The minimum absolute atomic E-state index is 0.270. The van der Waals surface area contributed by atoms with Gasteiger partial charge in [0.25, 0.3) is 0 Å². The number of aryl methyl sites for hydroxylation is 2. The van der Waals surface area contributed by atoms with E-state index in [2.05, 4.69) is 34.9 Å². The largest absolute Gasteiger partial charge is 0.309 e. The van der Waals surface area contributed by atoms with E-state index in [4.69, 9.17) is 11.6 Å². The molecule has 1 atom stereocenters. The molecular formula is C13H17ClN2S2. The summed E-state index contributed by atoms with van der Waals surface area (Å²) in [4.78, 5) is 5.76. The Morgan fingerprint density at radius 3 is 2.61 bits per heavy atom. The molecule has 1 unspecified atom stereocenters. The molecule has 0 aliphatic heterocycles. The predicted octanol–water partition coefficient (Wildman–Crippen LogP) is 4.37. The van der Waals surface area contributed by atoms with Crippen LogP contribution >= 0.6 is 34.3 Å². The number of aromatic nitrogens is 1. The Hall–Kier alpha value is -0.420. The third-order valence-corrected chi connectivity index (χ3v) is 5.55. The van der Waals surface area contributed by atoms with Gasteiger partial charge in [-0.25, -0.2) is 4.98 Å². The number of halogens is 1. The average molecular weight is 301 g/mol. The Kier molecular flexibility index (Phi) is 4.78. The zero-order valence-electron chi connectivity index (χ0n) is 10.8. The standard InChI is InChI=1S/C13H17ClN2S2/c1-4-15-10(5-11-16-9(3)7-17-11)13-12(14)8(2)6-18-13/h6-7,10,15H,4-5H2,1-3H3. The fourth-order valence-corrected chi connectivity index (χ4v) is 4.08. The second kappa shape index (κ2) is 6.15. The van der Waals surface area contributed by atoms with E-state index >= 15 is 0 Å². The summed E-state index contributed by atoms with van der Waals surface area (Å²) < 4.78 is 0. The number of hydrogen-bond donors (Lipinski definition) is 1. The summed E-state index contributed by atoms with van der Waals surface area (Å²) >= 11 is 9.82. The lowest BCUT2D eigenvalue weighted by Gasteiger charge is -2.15. The van der Waals surface area contributed by atoms with Gasteiger partial charge in [-0.2, -0.15) is 0 Å². The van der Waals surface area contributed by atoms with Gasteiger partial charge in [-0.3, -0.25) is 0 Å². The molecule has 0 spiro atoms. The van der Waals surface area contributed by atoms with Gasteiger partial charge in [0.05, 0.1) is 10.0 Å². The Morgan fingerprint density at radius 1 is 1.33 bits per heavy atom. The second-order valence-corrected chi connectivity index (χ2v) is 6.53. The molecule has 0 fully saturated rings. The fraction of sp³-hybridized carbons (Fsp3) is 0.462. The van der Waals surface area contributed by atoms with Gasteiger partial charge in [-0.05, 0) is 31.3 Å². The van der Waals surface area contributed by atoms with E-state index in [-0.39, 0.29) is 6.04 Å². The van der Waals surface area contributed by atoms with Crippen molar-refractivity contribution in [1.29, 1.82) is 0 Å². The molecule has 0 saturated carbocycles. The first-order chi connectivity index (χ1) is 8.61. The zero-order chi connectivity index (χ0) is 13.1. The lowest BCUT2D eigenvalue weighted by atomic mass is 10.1. The predicted molar refractivity (Wildman–Crippen MR) is 81.0 cm³/mol. The van der Waals surface area contributed by atoms with Crippen LogP contribution in [0.4, 0.5) is 0 Å². The van der Waals surface area contributed by atoms with E-state index in [1.165, 1.54) is 9.88 Å². The molecule has 0 aliphatic rings. The van der Waals surface area contributed by atoms with Crippen molar-refractivity contribution in [1.82, 2.24) is 10.3 Å². The number of likely N-dealkylation sites (N-methyl/N-ethyl adjacent to an activating group) is 1. The van der Waals surface area contributed by atoms with E-state index in [0.29, 0.717) is 0 Å². The van der Waals surface area contributed by atoms with E-state index in [1.807, 2.05) is 6.92 Å². The molecular weight excluding hydrogens is 284 g/mol. The summed E-state index contributed by atoms with van der Waals surface area (Å²) in [6, 6.07) is 0.270. The zero-order valence-corrected chi connectivity index (χ0v) is 13.2. The number of nitrogens with zero attached hydrogens (tertiary/aromatic N) is 1. The van der Waals surface area contributed by atoms with Crippen LogP contribution in [0.3, 0.4) is 0 Å². The molecule has 1 N–H and O–H groups in total. The minimum atomic E-state index is 0.270. The van der Waals surface area contributed by atoms with Gasteiger partial charge >= 0.3 is 0 Å². The molecule has 0 aromatic carbocycles. The Morgan fingerprint density at radius 2 is 2.11 bits per heavy atom. The number of hydrogen-bond acceptors (Lipinski definition) is 4. The Bertz CT molecular complexity index is 519. The maximum Gasteiger partial charge on any atom is 0.0947 e. The molecule has 0 saturated heterocycles. The first-order valence-corrected chi connectivity index (χ1v) is 8.13. The summed E-state index contributed by atoms with van der Waals surface area (Å²) in [7, 11) is 0. The SMILES string of the molecule is CCNC(Cc1nc(C)cs1)c1scc(C)c1Cl. The van der Waals surface area contributed by atoms with Crippen molar-refractivity contribution in [3.05, 3.63) is 36.9 Å². The number of thiophene rings is 1. The molecule has 0 bridgehead atoms. The summed E-state index contributed by atoms with van der Waals surface area (Å²) in [5.41, 5.74) is 2.26. The van der Waals surface area contributed by atoms with Crippen LogP contribution in [0.5, 0.6) is 0 Å². The monoisotopic (exact) mass is 300 g/mol. The average Bonchev–Trinajstić information content (AvgIpc) is 2.87. The summed E-state index contributed by atoms with van der Waals surface area (Å²) in [6.45, 7) is 7.14. The van der Waals surface area contributed by atoms with Gasteiger partial charge in [0.2, 0.25) is 0 Å². The lowest BCUT2D eigenvalue weighted by Crippen LogP contribution is -2.22. The number of thiazole rings is 1.